The first-order valence-electron chi connectivity index (χ1n) is 13.7. The summed E-state index contributed by atoms with van der Waals surface area (Å²) in [5, 5.41) is 9.75. The Kier molecular flexibility index (Phi) is 6.35. The second-order valence-corrected chi connectivity index (χ2v) is 10.3. The molecule has 0 amide bonds. The molecule has 5 heteroatoms. The van der Waals surface area contributed by atoms with Gasteiger partial charge in [-0.25, -0.2) is 4.98 Å². The molecular formula is C32H39N5. The van der Waals surface area contributed by atoms with Gasteiger partial charge < -0.3 is 15.0 Å². The highest BCUT2D eigenvalue weighted by Gasteiger charge is 2.19. The van der Waals surface area contributed by atoms with E-state index in [1.165, 1.54) is 27.8 Å². The molecule has 4 aromatic rings. The summed E-state index contributed by atoms with van der Waals surface area (Å²) in [6.45, 7) is 17.5. The lowest BCUT2D eigenvalue weighted by molar-refractivity contribution is 1.13. The fourth-order valence-corrected chi connectivity index (χ4v) is 6.22. The van der Waals surface area contributed by atoms with Crippen molar-refractivity contribution in [2.24, 2.45) is 0 Å². The molecule has 0 saturated carbocycles. The Morgan fingerprint density at radius 2 is 1.11 bits per heavy atom. The number of nitrogens with zero attached hydrogens (tertiary/aromatic N) is 1. The summed E-state index contributed by atoms with van der Waals surface area (Å²) >= 11 is 0. The number of nitrogens with one attached hydrogen (secondary N) is 4. The van der Waals surface area contributed by atoms with Crippen molar-refractivity contribution in [3.05, 3.63) is 68.3 Å². The fourth-order valence-electron chi connectivity index (χ4n) is 6.22. The van der Waals surface area contributed by atoms with Crippen molar-refractivity contribution in [1.82, 2.24) is 19.9 Å². The zero-order valence-electron chi connectivity index (χ0n) is 23.5. The summed E-state index contributed by atoms with van der Waals surface area (Å²) in [7, 11) is 0. The number of aromatic nitrogens is 4. The Morgan fingerprint density at radius 3 is 1.62 bits per heavy atom. The van der Waals surface area contributed by atoms with Gasteiger partial charge in [0.1, 0.15) is 5.36 Å². The van der Waals surface area contributed by atoms with Crippen molar-refractivity contribution in [2.75, 3.05) is 0 Å². The predicted molar refractivity (Wildman–Crippen MR) is 157 cm³/mol. The van der Waals surface area contributed by atoms with Crippen LogP contribution in [0.1, 0.15) is 85.8 Å². The Labute approximate surface area is 218 Å². The lowest BCUT2D eigenvalue weighted by Crippen LogP contribution is -2.08. The molecule has 0 unspecified atom stereocenters. The van der Waals surface area contributed by atoms with E-state index in [0.717, 1.165) is 86.9 Å². The quantitative estimate of drug-likeness (QED) is 0.228. The van der Waals surface area contributed by atoms with Crippen molar-refractivity contribution < 1.29 is 0 Å². The maximum Gasteiger partial charge on any atom is 0.104 e. The van der Waals surface area contributed by atoms with E-state index in [4.69, 9.17) is 4.98 Å². The molecule has 0 fully saturated rings. The first kappa shape index (κ1) is 25.1. The van der Waals surface area contributed by atoms with Crippen molar-refractivity contribution in [3.63, 3.8) is 0 Å². The van der Waals surface area contributed by atoms with E-state index in [1.807, 2.05) is 0 Å². The highest BCUT2D eigenvalue weighted by atomic mass is 14.8. The van der Waals surface area contributed by atoms with E-state index in [-0.39, 0.29) is 0 Å². The number of aromatic amines is 3. The van der Waals surface area contributed by atoms with Crippen LogP contribution < -0.4 is 5.36 Å². The Morgan fingerprint density at radius 1 is 0.622 bits per heavy atom. The minimum atomic E-state index is 0.476. The second kappa shape index (κ2) is 9.37. The number of fused-ring (bicyclic) bond motifs is 8. The van der Waals surface area contributed by atoms with E-state index in [9.17, 15) is 5.41 Å². The first-order valence-corrected chi connectivity index (χ1v) is 13.7. The van der Waals surface area contributed by atoms with Crippen molar-refractivity contribution >= 4 is 44.2 Å². The molecule has 0 atom stereocenters. The van der Waals surface area contributed by atoms with Gasteiger partial charge in [0, 0.05) is 27.6 Å². The third-order valence-electron chi connectivity index (χ3n) is 8.43. The van der Waals surface area contributed by atoms with Crippen LogP contribution in [0.2, 0.25) is 0 Å². The molecule has 0 spiro atoms. The summed E-state index contributed by atoms with van der Waals surface area (Å²) < 4.78 is 0. The Bertz CT molecular complexity index is 1770. The molecule has 8 bridgehead atoms. The van der Waals surface area contributed by atoms with Crippen LogP contribution in [0.15, 0.2) is 18.2 Å². The zero-order chi connectivity index (χ0) is 26.6. The van der Waals surface area contributed by atoms with Crippen LogP contribution in [0.4, 0.5) is 0 Å². The second-order valence-electron chi connectivity index (χ2n) is 10.3. The van der Waals surface area contributed by atoms with Gasteiger partial charge in [-0.2, -0.15) is 0 Å². The third kappa shape index (κ3) is 3.83. The van der Waals surface area contributed by atoms with Gasteiger partial charge in [-0.15, -0.1) is 0 Å². The molecule has 37 heavy (non-hydrogen) atoms. The molecule has 1 aliphatic heterocycles. The lowest BCUT2D eigenvalue weighted by Gasteiger charge is -2.00. The van der Waals surface area contributed by atoms with Gasteiger partial charge in [0.25, 0.3) is 0 Å². The molecule has 4 N–H and O–H groups in total. The van der Waals surface area contributed by atoms with Crippen molar-refractivity contribution in [1.29, 1.82) is 5.41 Å². The maximum absolute atomic E-state index is 9.27. The molecule has 0 saturated heterocycles. The Hall–Kier alpha value is -3.60. The fraction of sp³-hybridized carbons (Fsp3) is 0.375. The van der Waals surface area contributed by atoms with Gasteiger partial charge in [-0.3, -0.25) is 5.41 Å². The van der Waals surface area contributed by atoms with E-state index >= 15 is 0 Å². The molecular weight excluding hydrogens is 454 g/mol. The molecule has 0 aliphatic carbocycles. The van der Waals surface area contributed by atoms with Gasteiger partial charge in [-0.1, -0.05) is 27.7 Å². The minimum Gasteiger partial charge on any atom is -0.355 e. The average molecular weight is 494 g/mol. The third-order valence-corrected chi connectivity index (χ3v) is 8.43. The monoisotopic (exact) mass is 493 g/mol. The predicted octanol–water partition coefficient (Wildman–Crippen LogP) is 7.96. The van der Waals surface area contributed by atoms with Crippen LogP contribution in [-0.4, -0.2) is 19.9 Å². The molecule has 0 aromatic carbocycles. The molecule has 5 nitrogen and oxygen atoms in total. The summed E-state index contributed by atoms with van der Waals surface area (Å²) in [5.41, 5.74) is 18.1. The van der Waals surface area contributed by atoms with Gasteiger partial charge in [0.05, 0.1) is 16.9 Å². The largest absolute Gasteiger partial charge is 0.355 e. The number of hydrogen-bond acceptors (Lipinski definition) is 2. The number of hydrogen-bond donors (Lipinski definition) is 4. The van der Waals surface area contributed by atoms with Gasteiger partial charge in [0.15, 0.2) is 0 Å². The normalized spacial score (nSPS) is 12.8. The number of aryl methyl sites for hydroxylation is 6. The van der Waals surface area contributed by atoms with Crippen LogP contribution in [0.3, 0.4) is 0 Å². The van der Waals surface area contributed by atoms with Crippen LogP contribution in [0.5, 0.6) is 0 Å². The smallest absolute Gasteiger partial charge is 0.104 e. The van der Waals surface area contributed by atoms with Gasteiger partial charge in [0.2, 0.25) is 0 Å². The summed E-state index contributed by atoms with van der Waals surface area (Å²) in [5.74, 6) is 0. The van der Waals surface area contributed by atoms with E-state index in [0.29, 0.717) is 5.36 Å². The number of rotatable bonds is 4. The maximum atomic E-state index is 9.27. The standard InChI is InChI=1S/C32H39N5/c1-9-20-17(6)25-14-29-22(11-3)19(8)31(37-29)30(33)32-23(12-4)18(7)26(36-32)15-28-21(10-2)16(5)24(34-28)13-27(20)35-25/h13-15,33-35,37H,9-12H2,1-8H3. The SMILES string of the molecule is CCC1=C(C)c2cc3[nH]c(cc4[nH]c(cc5[nH]c(c(C)c5CC)c(=N)c1n2)c(C)c4CC)c(C)c3CC. The van der Waals surface area contributed by atoms with E-state index in [2.05, 4.69) is 88.5 Å². The minimum absolute atomic E-state index is 0.476. The highest BCUT2D eigenvalue weighted by molar-refractivity contribution is 5.93. The van der Waals surface area contributed by atoms with E-state index < -0.39 is 0 Å². The molecule has 1 aliphatic rings. The molecule has 5 rings (SSSR count). The number of allylic oxidation sites excluding steroid dienone is 2. The van der Waals surface area contributed by atoms with Crippen molar-refractivity contribution in [2.45, 2.75) is 81.1 Å². The van der Waals surface area contributed by atoms with Crippen molar-refractivity contribution in [3.8, 4) is 0 Å². The lowest BCUT2D eigenvalue weighted by atomic mass is 10.0. The summed E-state index contributed by atoms with van der Waals surface area (Å²) in [6, 6.07) is 6.69. The van der Waals surface area contributed by atoms with Crippen LogP contribution in [0, 0.1) is 26.2 Å². The van der Waals surface area contributed by atoms with Crippen LogP contribution >= 0.6 is 0 Å². The number of H-pyrrole nitrogens is 3. The average Bonchev–Trinajstić information content (AvgIpc) is 3.56. The van der Waals surface area contributed by atoms with Crippen LogP contribution in [0.25, 0.3) is 44.2 Å². The molecule has 5 heterocycles. The van der Waals surface area contributed by atoms with Gasteiger partial charge in [-0.05, 0) is 116 Å². The topological polar surface area (TPSA) is 84.1 Å². The molecule has 192 valence electrons. The van der Waals surface area contributed by atoms with E-state index in [1.54, 1.807) is 0 Å². The van der Waals surface area contributed by atoms with Crippen LogP contribution in [-0.2, 0) is 19.3 Å². The summed E-state index contributed by atoms with van der Waals surface area (Å²) in [4.78, 5) is 16.1. The molecule has 0 radical (unpaired) electrons. The Balaban J connectivity index is 2.08. The highest BCUT2D eigenvalue weighted by Crippen LogP contribution is 2.32. The summed E-state index contributed by atoms with van der Waals surface area (Å²) in [6.07, 6.45) is 3.65. The molecule has 4 aromatic heterocycles. The van der Waals surface area contributed by atoms with Gasteiger partial charge >= 0.3 is 0 Å². The zero-order valence-corrected chi connectivity index (χ0v) is 23.5. The first-order chi connectivity index (χ1) is 17.7.